The summed E-state index contributed by atoms with van der Waals surface area (Å²) < 4.78 is 24.9. The van der Waals surface area contributed by atoms with Crippen LogP contribution in [0, 0.1) is 5.41 Å². The van der Waals surface area contributed by atoms with Crippen molar-refractivity contribution in [2.24, 2.45) is 5.41 Å². The Hall–Kier alpha value is -0.950. The SMILES string of the molecule is O=C(O)CC1(CS(=O)(=O)Cc2ccc(Br)cn2)CC1. The molecule has 0 radical (unpaired) electrons. The Morgan fingerprint density at radius 2 is 2.11 bits per heavy atom. The highest BCUT2D eigenvalue weighted by Gasteiger charge is 2.47. The molecule has 0 bridgehead atoms. The van der Waals surface area contributed by atoms with Gasteiger partial charge < -0.3 is 5.11 Å². The van der Waals surface area contributed by atoms with Crippen LogP contribution in [0.4, 0.5) is 0 Å². The average Bonchev–Trinajstić information content (AvgIpc) is 2.98. The van der Waals surface area contributed by atoms with Crippen LogP contribution in [-0.2, 0) is 20.4 Å². The van der Waals surface area contributed by atoms with Gasteiger partial charge in [-0.05, 0) is 46.3 Å². The van der Waals surface area contributed by atoms with Crippen LogP contribution in [0.5, 0.6) is 0 Å². The summed E-state index contributed by atoms with van der Waals surface area (Å²) in [6.45, 7) is 0. The van der Waals surface area contributed by atoms with Gasteiger partial charge >= 0.3 is 5.97 Å². The number of sulfone groups is 1. The zero-order valence-electron chi connectivity index (χ0n) is 10.2. The molecule has 0 saturated heterocycles. The number of hydrogen-bond donors (Lipinski definition) is 1. The smallest absolute Gasteiger partial charge is 0.303 e. The van der Waals surface area contributed by atoms with Gasteiger partial charge in [0.2, 0.25) is 0 Å². The molecule has 1 saturated carbocycles. The molecule has 0 spiro atoms. The molecule has 2 rings (SSSR count). The van der Waals surface area contributed by atoms with E-state index in [2.05, 4.69) is 20.9 Å². The lowest BCUT2D eigenvalue weighted by atomic mass is 10.1. The molecular formula is C12H14BrNO4S. The fraction of sp³-hybridized carbons (Fsp3) is 0.500. The van der Waals surface area contributed by atoms with Crippen molar-refractivity contribution >= 4 is 31.7 Å². The van der Waals surface area contributed by atoms with Gasteiger partial charge in [0.05, 0.1) is 23.6 Å². The second-order valence-electron chi connectivity index (χ2n) is 5.07. The Balaban J connectivity index is 2.03. The number of pyridine rings is 1. The quantitative estimate of drug-likeness (QED) is 0.850. The number of nitrogens with zero attached hydrogens (tertiary/aromatic N) is 1. The van der Waals surface area contributed by atoms with Crippen LogP contribution in [0.15, 0.2) is 22.8 Å². The number of carboxylic acid groups (broad SMARTS) is 1. The van der Waals surface area contributed by atoms with E-state index in [1.165, 1.54) is 0 Å². The van der Waals surface area contributed by atoms with Crippen LogP contribution in [0.25, 0.3) is 0 Å². The molecule has 7 heteroatoms. The molecule has 19 heavy (non-hydrogen) atoms. The molecule has 0 aliphatic heterocycles. The molecule has 1 aromatic heterocycles. The second-order valence-corrected chi connectivity index (χ2v) is 8.05. The number of carbonyl (C=O) groups is 1. The number of rotatable bonds is 6. The van der Waals surface area contributed by atoms with Crippen molar-refractivity contribution in [1.29, 1.82) is 0 Å². The van der Waals surface area contributed by atoms with Crippen molar-refractivity contribution in [2.45, 2.75) is 25.0 Å². The van der Waals surface area contributed by atoms with Crippen molar-refractivity contribution in [1.82, 2.24) is 4.98 Å². The van der Waals surface area contributed by atoms with Gasteiger partial charge in [-0.3, -0.25) is 9.78 Å². The zero-order chi connectivity index (χ0) is 14.1. The fourth-order valence-corrected chi connectivity index (χ4v) is 4.39. The molecular weight excluding hydrogens is 334 g/mol. The summed E-state index contributed by atoms with van der Waals surface area (Å²) in [6, 6.07) is 3.39. The van der Waals surface area contributed by atoms with Crippen molar-refractivity contribution in [3.05, 3.63) is 28.5 Å². The van der Waals surface area contributed by atoms with Gasteiger partial charge in [0.25, 0.3) is 0 Å². The Morgan fingerprint density at radius 1 is 1.42 bits per heavy atom. The highest BCUT2D eigenvalue weighted by atomic mass is 79.9. The predicted octanol–water partition coefficient (Wildman–Crippen LogP) is 2.01. The van der Waals surface area contributed by atoms with E-state index in [0.717, 1.165) is 4.47 Å². The Bertz CT molecular complexity index is 578. The van der Waals surface area contributed by atoms with Crippen LogP contribution in [0.2, 0.25) is 0 Å². The van der Waals surface area contributed by atoms with E-state index in [-0.39, 0.29) is 17.9 Å². The van der Waals surface area contributed by atoms with E-state index in [1.807, 2.05) is 0 Å². The number of aliphatic carboxylic acids is 1. The molecule has 0 amide bonds. The van der Waals surface area contributed by atoms with Crippen molar-refractivity contribution in [3.63, 3.8) is 0 Å². The van der Waals surface area contributed by atoms with Crippen LogP contribution in [-0.4, -0.2) is 30.2 Å². The summed E-state index contributed by atoms with van der Waals surface area (Å²) in [4.78, 5) is 14.8. The number of aromatic nitrogens is 1. The first-order valence-corrected chi connectivity index (χ1v) is 8.44. The number of hydrogen-bond acceptors (Lipinski definition) is 4. The highest BCUT2D eigenvalue weighted by molar-refractivity contribution is 9.10. The first-order valence-electron chi connectivity index (χ1n) is 5.83. The van der Waals surface area contributed by atoms with E-state index >= 15 is 0 Å². The topological polar surface area (TPSA) is 84.3 Å². The first-order chi connectivity index (χ1) is 8.80. The van der Waals surface area contributed by atoms with Crippen molar-refractivity contribution in [3.8, 4) is 0 Å². The molecule has 1 aliphatic carbocycles. The van der Waals surface area contributed by atoms with Gasteiger partial charge in [-0.2, -0.15) is 0 Å². The molecule has 1 heterocycles. The Kier molecular flexibility index (Phi) is 3.96. The largest absolute Gasteiger partial charge is 0.481 e. The third-order valence-corrected chi connectivity index (χ3v) is 5.42. The van der Waals surface area contributed by atoms with Crippen LogP contribution in [0.1, 0.15) is 25.0 Å². The molecule has 0 unspecified atom stereocenters. The summed E-state index contributed by atoms with van der Waals surface area (Å²) in [5, 5.41) is 8.79. The van der Waals surface area contributed by atoms with Gasteiger partial charge in [0.1, 0.15) is 0 Å². The first kappa shape index (κ1) is 14.5. The minimum atomic E-state index is -3.33. The van der Waals surface area contributed by atoms with E-state index in [1.54, 1.807) is 18.3 Å². The molecule has 1 N–H and O–H groups in total. The Labute approximate surface area is 120 Å². The summed E-state index contributed by atoms with van der Waals surface area (Å²) in [5.41, 5.74) is -0.0608. The zero-order valence-corrected chi connectivity index (χ0v) is 12.6. The van der Waals surface area contributed by atoms with Gasteiger partial charge in [0.15, 0.2) is 9.84 Å². The molecule has 1 fully saturated rings. The molecule has 1 aliphatic rings. The van der Waals surface area contributed by atoms with Gasteiger partial charge in [-0.15, -0.1) is 0 Å². The van der Waals surface area contributed by atoms with E-state index < -0.39 is 21.2 Å². The minimum absolute atomic E-state index is 0.0654. The highest BCUT2D eigenvalue weighted by Crippen LogP contribution is 2.50. The molecule has 0 atom stereocenters. The van der Waals surface area contributed by atoms with Crippen LogP contribution in [0.3, 0.4) is 0 Å². The minimum Gasteiger partial charge on any atom is -0.481 e. The third kappa shape index (κ3) is 4.28. The third-order valence-electron chi connectivity index (χ3n) is 3.17. The maximum atomic E-state index is 12.1. The average molecular weight is 348 g/mol. The van der Waals surface area contributed by atoms with Crippen LogP contribution >= 0.6 is 15.9 Å². The Morgan fingerprint density at radius 3 is 2.58 bits per heavy atom. The molecule has 5 nitrogen and oxygen atoms in total. The van der Waals surface area contributed by atoms with Gasteiger partial charge in [0, 0.05) is 10.7 Å². The summed E-state index contributed by atoms with van der Waals surface area (Å²) in [6.07, 6.45) is 2.83. The maximum absolute atomic E-state index is 12.1. The van der Waals surface area contributed by atoms with Crippen molar-refractivity contribution in [2.75, 3.05) is 5.75 Å². The number of halogens is 1. The summed E-state index contributed by atoms with van der Waals surface area (Å²) in [5.74, 6) is -1.14. The molecule has 104 valence electrons. The van der Waals surface area contributed by atoms with E-state index in [4.69, 9.17) is 5.11 Å². The molecule has 1 aromatic rings. The standard InChI is InChI=1S/C12H14BrNO4S/c13-9-1-2-10(14-6-9)7-19(17,18)8-12(3-4-12)5-11(15)16/h1-2,6H,3-5,7-8H2,(H,15,16). The lowest BCUT2D eigenvalue weighted by Gasteiger charge is -2.12. The lowest BCUT2D eigenvalue weighted by Crippen LogP contribution is -2.21. The van der Waals surface area contributed by atoms with Gasteiger partial charge in [-0.1, -0.05) is 0 Å². The second kappa shape index (κ2) is 5.20. The maximum Gasteiger partial charge on any atom is 0.303 e. The lowest BCUT2D eigenvalue weighted by molar-refractivity contribution is -0.138. The van der Waals surface area contributed by atoms with Crippen LogP contribution < -0.4 is 0 Å². The molecule has 0 aromatic carbocycles. The summed E-state index contributed by atoms with van der Waals surface area (Å²) >= 11 is 3.23. The normalized spacial score (nSPS) is 17.1. The van der Waals surface area contributed by atoms with Crippen molar-refractivity contribution < 1.29 is 18.3 Å². The number of carboxylic acids is 1. The summed E-state index contributed by atoms with van der Waals surface area (Å²) in [7, 11) is -3.33. The van der Waals surface area contributed by atoms with E-state index in [9.17, 15) is 13.2 Å². The predicted molar refractivity (Wildman–Crippen MR) is 73.3 cm³/mol. The van der Waals surface area contributed by atoms with Gasteiger partial charge in [-0.25, -0.2) is 8.42 Å². The van der Waals surface area contributed by atoms with E-state index in [0.29, 0.717) is 18.5 Å². The monoisotopic (exact) mass is 347 g/mol. The fourth-order valence-electron chi connectivity index (χ4n) is 2.10.